The summed E-state index contributed by atoms with van der Waals surface area (Å²) < 4.78 is 2.95. The second kappa shape index (κ2) is 11.9. The van der Waals surface area contributed by atoms with Crippen molar-refractivity contribution in [1.82, 2.24) is 9.88 Å². The molecule has 1 aliphatic carbocycles. The van der Waals surface area contributed by atoms with Gasteiger partial charge in [-0.2, -0.15) is 0 Å². The number of amidine groups is 1. The minimum absolute atomic E-state index is 0.0831. The second-order valence-corrected chi connectivity index (χ2v) is 13.8. The molecule has 2 aromatic heterocycles. The van der Waals surface area contributed by atoms with Gasteiger partial charge in [-0.05, 0) is 128 Å². The van der Waals surface area contributed by atoms with Crippen LogP contribution in [-0.2, 0) is 17.6 Å². The molecule has 2 amide bonds. The van der Waals surface area contributed by atoms with Gasteiger partial charge in [0.05, 0.1) is 21.2 Å². The number of amides is 2. The standard InChI is InChI=1S/C32H28BrClN4O2S2/c1-17-8-10-21(11-9-17)35-30(40)28-23-6-4-5-7-26(23)41-31(28)38-18(2)14-20(19(38)3)15-27-29(39)37-32(42-27)36-22-12-13-24(33)25(34)16-22/h8-16H,4-7H2,1-3H3,(H,35,40)(H,36,37,39)/b27-15-. The lowest BCUT2D eigenvalue weighted by Crippen LogP contribution is -2.19. The van der Waals surface area contributed by atoms with Crippen LogP contribution in [0.3, 0.4) is 0 Å². The number of aryl methyl sites for hydroxylation is 3. The minimum atomic E-state index is -0.198. The van der Waals surface area contributed by atoms with Crippen molar-refractivity contribution in [2.24, 2.45) is 4.99 Å². The number of hydrogen-bond acceptors (Lipinski definition) is 5. The van der Waals surface area contributed by atoms with Crippen LogP contribution in [0.15, 0.2) is 62.9 Å². The van der Waals surface area contributed by atoms with Crippen LogP contribution in [0.2, 0.25) is 5.02 Å². The molecule has 10 heteroatoms. The number of thiophene rings is 1. The van der Waals surface area contributed by atoms with Crippen LogP contribution in [0.5, 0.6) is 0 Å². The van der Waals surface area contributed by atoms with Crippen molar-refractivity contribution in [3.8, 4) is 5.00 Å². The molecule has 214 valence electrons. The topological polar surface area (TPSA) is 75.5 Å². The third kappa shape index (κ3) is 5.75. The molecule has 0 radical (unpaired) electrons. The molecule has 2 N–H and O–H groups in total. The third-order valence-electron chi connectivity index (χ3n) is 7.43. The van der Waals surface area contributed by atoms with E-state index in [1.807, 2.05) is 63.2 Å². The Bertz CT molecular complexity index is 1800. The van der Waals surface area contributed by atoms with E-state index in [9.17, 15) is 9.59 Å². The summed E-state index contributed by atoms with van der Waals surface area (Å²) in [6.07, 6.45) is 6.01. The molecule has 1 saturated heterocycles. The van der Waals surface area contributed by atoms with E-state index in [1.54, 1.807) is 17.4 Å². The van der Waals surface area contributed by atoms with Gasteiger partial charge in [0.2, 0.25) is 0 Å². The lowest BCUT2D eigenvalue weighted by Gasteiger charge is -2.14. The smallest absolute Gasteiger partial charge is 0.264 e. The minimum Gasteiger partial charge on any atom is -0.322 e. The average molecular weight is 680 g/mol. The lowest BCUT2D eigenvalue weighted by atomic mass is 9.95. The highest BCUT2D eigenvalue weighted by Crippen LogP contribution is 2.40. The van der Waals surface area contributed by atoms with E-state index in [2.05, 4.69) is 42.2 Å². The van der Waals surface area contributed by atoms with Gasteiger partial charge in [0, 0.05) is 26.4 Å². The summed E-state index contributed by atoms with van der Waals surface area (Å²) in [7, 11) is 0. The van der Waals surface area contributed by atoms with Crippen LogP contribution in [0, 0.1) is 20.8 Å². The van der Waals surface area contributed by atoms with Crippen LogP contribution >= 0.6 is 50.6 Å². The predicted molar refractivity (Wildman–Crippen MR) is 179 cm³/mol. The lowest BCUT2D eigenvalue weighted by molar-refractivity contribution is -0.115. The number of fused-ring (bicyclic) bond motifs is 1. The van der Waals surface area contributed by atoms with Gasteiger partial charge in [0.25, 0.3) is 11.8 Å². The molecule has 1 fully saturated rings. The van der Waals surface area contributed by atoms with Crippen molar-refractivity contribution in [2.75, 3.05) is 5.32 Å². The normalized spacial score (nSPS) is 16.6. The Morgan fingerprint density at radius 2 is 1.86 bits per heavy atom. The summed E-state index contributed by atoms with van der Waals surface area (Å²) in [6, 6.07) is 15.4. The highest BCUT2D eigenvalue weighted by Gasteiger charge is 2.29. The molecule has 6 nitrogen and oxygen atoms in total. The van der Waals surface area contributed by atoms with E-state index in [0.717, 1.165) is 74.5 Å². The first-order chi connectivity index (χ1) is 20.2. The van der Waals surface area contributed by atoms with Crippen molar-refractivity contribution in [1.29, 1.82) is 0 Å². The zero-order valence-corrected chi connectivity index (χ0v) is 27.3. The van der Waals surface area contributed by atoms with Gasteiger partial charge in [-0.1, -0.05) is 29.3 Å². The van der Waals surface area contributed by atoms with Crippen LogP contribution in [0.4, 0.5) is 11.4 Å². The van der Waals surface area contributed by atoms with E-state index in [1.165, 1.54) is 16.6 Å². The Morgan fingerprint density at radius 3 is 2.62 bits per heavy atom. The van der Waals surface area contributed by atoms with Crippen LogP contribution in [0.25, 0.3) is 11.1 Å². The summed E-state index contributed by atoms with van der Waals surface area (Å²) in [5.74, 6) is -0.281. The number of hydrogen-bond donors (Lipinski definition) is 2. The highest BCUT2D eigenvalue weighted by atomic mass is 79.9. The quantitative estimate of drug-likeness (QED) is 0.207. The van der Waals surface area contributed by atoms with Crippen molar-refractivity contribution in [3.63, 3.8) is 0 Å². The van der Waals surface area contributed by atoms with E-state index in [-0.39, 0.29) is 11.8 Å². The number of rotatable bonds is 5. The SMILES string of the molecule is Cc1ccc(NC(=O)c2c(-n3c(C)cc(/C=C4\SC(=Nc5ccc(Br)c(Cl)c5)NC4=O)c3C)sc3c2CCCC3)cc1. The molecule has 2 aromatic carbocycles. The fourth-order valence-corrected chi connectivity index (χ4v) is 8.06. The highest BCUT2D eigenvalue weighted by molar-refractivity contribution is 9.10. The van der Waals surface area contributed by atoms with Gasteiger partial charge in [-0.15, -0.1) is 11.3 Å². The Labute approximate surface area is 266 Å². The van der Waals surface area contributed by atoms with E-state index in [4.69, 9.17) is 11.6 Å². The summed E-state index contributed by atoms with van der Waals surface area (Å²) in [6.45, 7) is 6.11. The first kappa shape index (κ1) is 29.0. The van der Waals surface area contributed by atoms with E-state index in [0.29, 0.717) is 20.8 Å². The molecule has 4 aromatic rings. The molecule has 3 heterocycles. The molecular weight excluding hydrogens is 652 g/mol. The maximum absolute atomic E-state index is 13.8. The summed E-state index contributed by atoms with van der Waals surface area (Å²) in [5, 5.41) is 7.98. The summed E-state index contributed by atoms with van der Waals surface area (Å²) in [5.41, 5.74) is 7.41. The van der Waals surface area contributed by atoms with Crippen LogP contribution in [-0.4, -0.2) is 21.5 Å². The molecule has 2 aliphatic rings. The Balaban J connectivity index is 1.34. The van der Waals surface area contributed by atoms with Gasteiger partial charge < -0.3 is 15.2 Å². The third-order valence-corrected chi connectivity index (χ3v) is 10.9. The molecule has 42 heavy (non-hydrogen) atoms. The van der Waals surface area contributed by atoms with Crippen molar-refractivity contribution < 1.29 is 9.59 Å². The number of aromatic nitrogens is 1. The number of nitrogens with one attached hydrogen (secondary N) is 2. The molecule has 0 saturated carbocycles. The first-order valence-electron chi connectivity index (χ1n) is 13.6. The molecular formula is C32H28BrClN4O2S2. The zero-order chi connectivity index (χ0) is 29.5. The summed E-state index contributed by atoms with van der Waals surface area (Å²) in [4.78, 5) is 33.1. The first-order valence-corrected chi connectivity index (χ1v) is 16.4. The molecule has 0 bridgehead atoms. The summed E-state index contributed by atoms with van der Waals surface area (Å²) >= 11 is 12.6. The van der Waals surface area contributed by atoms with Crippen molar-refractivity contribution >= 4 is 85.1 Å². The number of anilines is 1. The maximum Gasteiger partial charge on any atom is 0.264 e. The Hall–Kier alpha value is -3.11. The predicted octanol–water partition coefficient (Wildman–Crippen LogP) is 8.90. The number of benzene rings is 2. The monoisotopic (exact) mass is 678 g/mol. The largest absolute Gasteiger partial charge is 0.322 e. The number of aliphatic imine (C=N–C) groups is 1. The van der Waals surface area contributed by atoms with E-state index < -0.39 is 0 Å². The fraction of sp³-hybridized carbons (Fsp3) is 0.219. The zero-order valence-electron chi connectivity index (χ0n) is 23.3. The molecule has 1 aliphatic heterocycles. The fourth-order valence-electron chi connectivity index (χ4n) is 5.31. The number of halogens is 2. The average Bonchev–Trinajstić information content (AvgIpc) is 3.59. The van der Waals surface area contributed by atoms with Crippen molar-refractivity contribution in [3.05, 3.63) is 101 Å². The molecule has 0 spiro atoms. The number of nitrogens with zero attached hydrogens (tertiary/aromatic N) is 2. The van der Waals surface area contributed by atoms with Crippen LogP contribution in [0.1, 0.15) is 56.2 Å². The van der Waals surface area contributed by atoms with E-state index >= 15 is 0 Å². The maximum atomic E-state index is 13.8. The van der Waals surface area contributed by atoms with Crippen molar-refractivity contribution in [2.45, 2.75) is 46.5 Å². The second-order valence-electron chi connectivity index (χ2n) is 10.5. The number of thioether (sulfide) groups is 1. The van der Waals surface area contributed by atoms with Crippen LogP contribution < -0.4 is 10.6 Å². The Morgan fingerprint density at radius 1 is 1.10 bits per heavy atom. The van der Waals surface area contributed by atoms with Gasteiger partial charge >= 0.3 is 0 Å². The molecule has 0 atom stereocenters. The van der Waals surface area contributed by atoms with Gasteiger partial charge in [0.15, 0.2) is 5.17 Å². The Kier molecular flexibility index (Phi) is 8.20. The van der Waals surface area contributed by atoms with Gasteiger partial charge in [0.1, 0.15) is 5.00 Å². The van der Waals surface area contributed by atoms with Gasteiger partial charge in [-0.3, -0.25) is 9.59 Å². The molecule has 6 rings (SSSR count). The van der Waals surface area contributed by atoms with Gasteiger partial charge in [-0.25, -0.2) is 4.99 Å². The number of carbonyl (C=O) groups is 2. The number of carbonyl (C=O) groups excluding carboxylic acids is 2. The molecule has 0 unspecified atom stereocenters.